The highest BCUT2D eigenvalue weighted by Crippen LogP contribution is 2.37. The monoisotopic (exact) mass is 659 g/mol. The average molecular weight is 661 g/mol. The van der Waals surface area contributed by atoms with Gasteiger partial charge in [0.15, 0.2) is 0 Å². The third kappa shape index (κ3) is 6.69. The number of likely N-dealkylation sites (tertiary alicyclic amines) is 1. The maximum absolute atomic E-state index is 13.9. The zero-order valence-electron chi connectivity index (χ0n) is 26.1. The molecular weight excluding hydrogens is 624 g/mol. The van der Waals surface area contributed by atoms with E-state index >= 15 is 0 Å². The van der Waals surface area contributed by atoms with E-state index in [9.17, 15) is 9.65 Å². The standard InChI is InChI=1S/C34H36Cl2FN9/c1-20-11-21(17-39-16-20)32(30-19-46(44-43-30)25-7-9-45(10-8-25)34(2,3)4)42-24-12-26-31(41-23-5-6-29(37)27(35)13-23)22(15-38)18-40-33(26)28(36)14-24/h5-6,11-14,16-19,25,32,42-44H,7-10H2,1-4H3,(H,40,41)/t32-/m0/s1. The van der Waals surface area contributed by atoms with Crippen molar-refractivity contribution in [2.24, 2.45) is 0 Å². The first-order chi connectivity index (χ1) is 22.0. The minimum atomic E-state index is -0.531. The molecule has 46 heavy (non-hydrogen) atoms. The van der Waals surface area contributed by atoms with Crippen LogP contribution in [0.15, 0.2) is 66.9 Å². The Morgan fingerprint density at radius 1 is 1.04 bits per heavy atom. The highest BCUT2D eigenvalue weighted by atomic mass is 35.5. The number of aryl methyl sites for hydroxylation is 1. The number of piperidine rings is 1. The molecule has 2 aliphatic heterocycles. The summed E-state index contributed by atoms with van der Waals surface area (Å²) in [5.41, 5.74) is 12.4. The number of nitriles is 1. The summed E-state index contributed by atoms with van der Waals surface area (Å²) < 4.78 is 13.9. The number of aromatic nitrogens is 2. The van der Waals surface area contributed by atoms with Gasteiger partial charge in [-0.05, 0) is 82.0 Å². The molecule has 12 heteroatoms. The highest BCUT2D eigenvalue weighted by molar-refractivity contribution is 6.36. The predicted octanol–water partition coefficient (Wildman–Crippen LogP) is 7.58. The van der Waals surface area contributed by atoms with Crippen LogP contribution in [0.1, 0.15) is 56.3 Å². The largest absolute Gasteiger partial charge is 0.373 e. The van der Waals surface area contributed by atoms with E-state index in [0.717, 1.165) is 42.8 Å². The van der Waals surface area contributed by atoms with E-state index in [1.54, 1.807) is 6.07 Å². The molecule has 0 saturated carbocycles. The fourth-order valence-electron chi connectivity index (χ4n) is 6.03. The first kappa shape index (κ1) is 31.8. The molecule has 4 heterocycles. The van der Waals surface area contributed by atoms with Crippen molar-refractivity contribution in [3.05, 3.63) is 99.4 Å². The van der Waals surface area contributed by atoms with E-state index in [-0.39, 0.29) is 16.6 Å². The number of rotatable bonds is 7. The molecule has 9 nitrogen and oxygen atoms in total. The normalized spacial score (nSPS) is 16.6. The molecule has 0 unspecified atom stereocenters. The van der Waals surface area contributed by atoms with Gasteiger partial charge in [0, 0.05) is 66.2 Å². The highest BCUT2D eigenvalue weighted by Gasteiger charge is 2.32. The zero-order chi connectivity index (χ0) is 32.6. The maximum atomic E-state index is 13.9. The molecule has 0 aliphatic carbocycles. The van der Waals surface area contributed by atoms with E-state index in [1.807, 2.05) is 31.5 Å². The lowest BCUT2D eigenvalue weighted by atomic mass is 9.98. The molecule has 0 radical (unpaired) electrons. The summed E-state index contributed by atoms with van der Waals surface area (Å²) >= 11 is 12.9. The van der Waals surface area contributed by atoms with E-state index < -0.39 is 5.82 Å². The first-order valence-corrected chi connectivity index (χ1v) is 15.9. The molecule has 6 rings (SSSR count). The van der Waals surface area contributed by atoms with E-state index in [4.69, 9.17) is 23.2 Å². The molecule has 4 aromatic rings. The van der Waals surface area contributed by atoms with E-state index in [1.165, 1.54) is 18.3 Å². The van der Waals surface area contributed by atoms with Gasteiger partial charge in [-0.1, -0.05) is 29.3 Å². The van der Waals surface area contributed by atoms with Crippen molar-refractivity contribution >= 4 is 51.2 Å². The molecule has 2 aromatic heterocycles. The molecular formula is C34H36Cl2FN9. The van der Waals surface area contributed by atoms with Crippen molar-refractivity contribution in [1.29, 1.82) is 5.26 Å². The van der Waals surface area contributed by atoms with E-state index in [0.29, 0.717) is 44.6 Å². The second-order valence-corrected chi connectivity index (χ2v) is 13.6. The van der Waals surface area contributed by atoms with Crippen molar-refractivity contribution < 1.29 is 4.39 Å². The second kappa shape index (κ2) is 12.9. The molecule has 2 aliphatic rings. The van der Waals surface area contributed by atoms with Gasteiger partial charge < -0.3 is 16.1 Å². The van der Waals surface area contributed by atoms with Crippen LogP contribution in [0.25, 0.3) is 10.9 Å². The van der Waals surface area contributed by atoms with Crippen LogP contribution in [-0.4, -0.2) is 44.5 Å². The van der Waals surface area contributed by atoms with Crippen molar-refractivity contribution in [2.45, 2.75) is 58.2 Å². The summed E-state index contributed by atoms with van der Waals surface area (Å²) in [7, 11) is 0. The number of hydrazine groups is 2. The molecule has 0 spiro atoms. The van der Waals surface area contributed by atoms with Gasteiger partial charge in [-0.15, -0.1) is 5.53 Å². The fourth-order valence-corrected chi connectivity index (χ4v) is 6.47. The number of nitrogens with zero attached hydrogens (tertiary/aromatic N) is 5. The average Bonchev–Trinajstić information content (AvgIpc) is 3.52. The number of pyridine rings is 2. The Balaban J connectivity index is 1.34. The van der Waals surface area contributed by atoms with Crippen molar-refractivity contribution in [3.63, 3.8) is 0 Å². The fraction of sp³-hybridized carbons (Fsp3) is 0.324. The van der Waals surface area contributed by atoms with Gasteiger partial charge >= 0.3 is 0 Å². The second-order valence-electron chi connectivity index (χ2n) is 12.8. The minimum Gasteiger partial charge on any atom is -0.373 e. The number of hydrogen-bond donors (Lipinski definition) is 4. The SMILES string of the molecule is Cc1cncc([C@H](Nc2cc(Cl)c3ncc(C#N)c(Nc4ccc(F)c(Cl)c4)c3c2)C2=CN(C3CCN(C(C)(C)C)CC3)NN2)c1. The van der Waals surface area contributed by atoms with Gasteiger partial charge in [0.05, 0.1) is 38.6 Å². The lowest BCUT2D eigenvalue weighted by molar-refractivity contribution is 0.0570. The number of benzene rings is 2. The summed E-state index contributed by atoms with van der Waals surface area (Å²) in [4.78, 5) is 11.5. The molecule has 0 bridgehead atoms. The molecule has 1 saturated heterocycles. The summed E-state index contributed by atoms with van der Waals surface area (Å²) in [6, 6.07) is 12.4. The lowest BCUT2D eigenvalue weighted by Crippen LogP contribution is -2.52. The van der Waals surface area contributed by atoms with E-state index in [2.05, 4.69) is 80.6 Å². The molecule has 0 amide bonds. The van der Waals surface area contributed by atoms with Crippen molar-refractivity contribution in [3.8, 4) is 6.07 Å². The minimum absolute atomic E-state index is 0.0309. The Kier molecular flexibility index (Phi) is 8.95. The smallest absolute Gasteiger partial charge is 0.141 e. The Labute approximate surface area is 278 Å². The number of halogens is 3. The van der Waals surface area contributed by atoms with Gasteiger partial charge in [-0.2, -0.15) is 5.26 Å². The van der Waals surface area contributed by atoms with Crippen molar-refractivity contribution in [2.75, 3.05) is 23.7 Å². The molecule has 4 N–H and O–H groups in total. The predicted molar refractivity (Wildman–Crippen MR) is 182 cm³/mol. The summed E-state index contributed by atoms with van der Waals surface area (Å²) in [5.74, 6) is -0.531. The molecule has 1 atom stereocenters. The lowest BCUT2D eigenvalue weighted by Gasteiger charge is -2.42. The van der Waals surface area contributed by atoms with Gasteiger partial charge in [-0.25, -0.2) is 4.39 Å². The van der Waals surface area contributed by atoms with Gasteiger partial charge in [-0.3, -0.25) is 19.9 Å². The van der Waals surface area contributed by atoms with Crippen LogP contribution in [0.2, 0.25) is 10.0 Å². The van der Waals surface area contributed by atoms with Gasteiger partial charge in [0.2, 0.25) is 0 Å². The van der Waals surface area contributed by atoms with Crippen molar-refractivity contribution in [1.82, 2.24) is 30.8 Å². The summed E-state index contributed by atoms with van der Waals surface area (Å²) in [6.07, 6.45) is 9.36. The van der Waals surface area contributed by atoms with Crippen LogP contribution in [0.5, 0.6) is 0 Å². The molecule has 2 aromatic carbocycles. The molecule has 1 fully saturated rings. The maximum Gasteiger partial charge on any atom is 0.141 e. The topological polar surface area (TPSA) is 104 Å². The van der Waals surface area contributed by atoms with Gasteiger partial charge in [0.25, 0.3) is 0 Å². The number of anilines is 3. The van der Waals surface area contributed by atoms with Crippen LogP contribution >= 0.6 is 23.2 Å². The zero-order valence-corrected chi connectivity index (χ0v) is 27.6. The van der Waals surface area contributed by atoms with Crippen LogP contribution in [0.3, 0.4) is 0 Å². The number of fused-ring (bicyclic) bond motifs is 1. The van der Waals surface area contributed by atoms with Gasteiger partial charge in [0.1, 0.15) is 11.9 Å². The molecule has 238 valence electrons. The van der Waals surface area contributed by atoms with Crippen LogP contribution in [0, 0.1) is 24.1 Å². The quantitative estimate of drug-likeness (QED) is 0.160. The van der Waals surface area contributed by atoms with Crippen LogP contribution in [0.4, 0.5) is 21.5 Å². The third-order valence-electron chi connectivity index (χ3n) is 8.50. The first-order valence-electron chi connectivity index (χ1n) is 15.2. The number of nitrogens with one attached hydrogen (secondary N) is 4. The van der Waals surface area contributed by atoms with Crippen LogP contribution in [-0.2, 0) is 0 Å². The Morgan fingerprint density at radius 3 is 2.50 bits per heavy atom. The van der Waals surface area contributed by atoms with Crippen LogP contribution < -0.4 is 21.6 Å². The number of hydrogen-bond acceptors (Lipinski definition) is 9. The Hall–Kier alpha value is -4.14. The summed E-state index contributed by atoms with van der Waals surface area (Å²) in [6.45, 7) is 10.9. The summed E-state index contributed by atoms with van der Waals surface area (Å²) in [5, 5.41) is 20.0. The Bertz CT molecular complexity index is 1840. The Morgan fingerprint density at radius 2 is 1.80 bits per heavy atom. The third-order valence-corrected chi connectivity index (χ3v) is 9.08.